The second-order valence-corrected chi connectivity index (χ2v) is 13.4. The van der Waals surface area contributed by atoms with Crippen molar-refractivity contribution >= 4 is 11.7 Å². The maximum absolute atomic E-state index is 14.5. The highest BCUT2D eigenvalue weighted by molar-refractivity contribution is 5.87. The number of rotatable bonds is 6. The fourth-order valence-corrected chi connectivity index (χ4v) is 8.77. The number of hydrogen-bond acceptors (Lipinski definition) is 7. The van der Waals surface area contributed by atoms with Crippen LogP contribution in [0.3, 0.4) is 0 Å². The van der Waals surface area contributed by atoms with Crippen LogP contribution in [0.1, 0.15) is 54.5 Å². The molecule has 5 heterocycles. The van der Waals surface area contributed by atoms with Gasteiger partial charge < -0.3 is 19.4 Å². The summed E-state index contributed by atoms with van der Waals surface area (Å²) in [6, 6.07) is 8.90. The van der Waals surface area contributed by atoms with Crippen LogP contribution in [0.2, 0.25) is 0 Å². The Morgan fingerprint density at radius 2 is 2.07 bits per heavy atom. The second kappa shape index (κ2) is 11.4. The van der Waals surface area contributed by atoms with Crippen molar-refractivity contribution in [3.05, 3.63) is 70.7 Å². The first-order valence-electron chi connectivity index (χ1n) is 16.1. The zero-order valence-electron chi connectivity index (χ0n) is 25.7. The van der Waals surface area contributed by atoms with E-state index in [1.807, 2.05) is 0 Å². The molecule has 3 fully saturated rings. The number of ether oxygens (including phenoxy) is 1. The highest BCUT2D eigenvalue weighted by Gasteiger charge is 2.50. The van der Waals surface area contributed by atoms with E-state index in [2.05, 4.69) is 57.4 Å². The third-order valence-electron chi connectivity index (χ3n) is 11.0. The van der Waals surface area contributed by atoms with Gasteiger partial charge in [0, 0.05) is 51.1 Å². The molecule has 1 aromatic heterocycles. The van der Waals surface area contributed by atoms with E-state index in [0.717, 1.165) is 62.1 Å². The zero-order valence-corrected chi connectivity index (χ0v) is 25.7. The first kappa shape index (κ1) is 29.2. The standard InChI is InChI=1S/C34H42FN7O2/c1-4-30(43)42-16-15-40(21-26(42)19-36-2)31-27-22-39(3)34(13-7-10-24-9-5-6-11-28(24)34)18-29(27)37-32(38-31)44-23-33-12-8-14-41(33)20-25(35)17-33/h4-6,9,11,25-26H,1,7-8,10,12-23H2,3H3/t25-,26+,33+,34-/m1/s1. The summed E-state index contributed by atoms with van der Waals surface area (Å²) in [7, 11) is 2.21. The number of fused-ring (bicyclic) bond motifs is 4. The molecule has 1 aromatic carbocycles. The number of piperazine rings is 1. The molecule has 1 amide bonds. The Balaban J connectivity index is 1.26. The summed E-state index contributed by atoms with van der Waals surface area (Å²) in [5.41, 5.74) is 4.44. The number of anilines is 1. The van der Waals surface area contributed by atoms with Gasteiger partial charge in [0.15, 0.2) is 0 Å². The quantitative estimate of drug-likeness (QED) is 0.370. The predicted molar refractivity (Wildman–Crippen MR) is 166 cm³/mol. The number of aryl methyl sites for hydroxylation is 1. The molecule has 3 saturated heterocycles. The van der Waals surface area contributed by atoms with Crippen molar-refractivity contribution in [2.24, 2.45) is 0 Å². The molecule has 0 radical (unpaired) electrons. The van der Waals surface area contributed by atoms with Crippen molar-refractivity contribution in [3.8, 4) is 6.01 Å². The lowest BCUT2D eigenvalue weighted by Crippen LogP contribution is -2.57. The number of halogens is 1. The maximum Gasteiger partial charge on any atom is 0.318 e. The van der Waals surface area contributed by atoms with E-state index in [0.29, 0.717) is 51.8 Å². The van der Waals surface area contributed by atoms with E-state index in [4.69, 9.17) is 21.3 Å². The fourth-order valence-electron chi connectivity index (χ4n) is 8.77. The average Bonchev–Trinajstić information content (AvgIpc) is 3.56. The van der Waals surface area contributed by atoms with Crippen LogP contribution in [0.5, 0.6) is 6.01 Å². The van der Waals surface area contributed by atoms with E-state index >= 15 is 0 Å². The third kappa shape index (κ3) is 4.85. The normalized spacial score (nSPS) is 30.0. The first-order valence-corrected chi connectivity index (χ1v) is 16.1. The summed E-state index contributed by atoms with van der Waals surface area (Å²) in [6.07, 6.45) is 7.00. The monoisotopic (exact) mass is 599 g/mol. The summed E-state index contributed by atoms with van der Waals surface area (Å²) in [6.45, 7) is 15.5. The van der Waals surface area contributed by atoms with Crippen LogP contribution in [-0.4, -0.2) is 101 Å². The molecule has 4 atom stereocenters. The Morgan fingerprint density at radius 3 is 2.91 bits per heavy atom. The minimum Gasteiger partial charge on any atom is -0.461 e. The van der Waals surface area contributed by atoms with Gasteiger partial charge in [-0.3, -0.25) is 14.6 Å². The highest BCUT2D eigenvalue weighted by Crippen LogP contribution is 2.47. The number of nitrogens with zero attached hydrogens (tertiary/aromatic N) is 7. The van der Waals surface area contributed by atoms with Gasteiger partial charge in [-0.1, -0.05) is 30.8 Å². The van der Waals surface area contributed by atoms with Crippen molar-refractivity contribution in [1.82, 2.24) is 24.7 Å². The molecule has 9 nitrogen and oxygen atoms in total. The molecule has 5 aliphatic rings. The molecule has 0 bridgehead atoms. The largest absolute Gasteiger partial charge is 0.461 e. The SMILES string of the molecule is [C-]#[N+]C[C@H]1CN(c2nc(OC[C@@]34CCCN3C[C@H](F)C4)nc3c2CN(C)[C@]2(CCCc4ccccc42)C3)CCN1C(=O)C=C. The van der Waals surface area contributed by atoms with Crippen LogP contribution in [-0.2, 0) is 29.7 Å². The molecule has 7 rings (SSSR count). The lowest BCUT2D eigenvalue weighted by molar-refractivity contribution is -0.128. The van der Waals surface area contributed by atoms with Crippen molar-refractivity contribution in [1.29, 1.82) is 0 Å². The summed E-state index contributed by atoms with van der Waals surface area (Å²) in [5.74, 6) is 0.680. The van der Waals surface area contributed by atoms with Gasteiger partial charge in [-0.25, -0.2) is 11.0 Å². The van der Waals surface area contributed by atoms with Crippen LogP contribution < -0.4 is 9.64 Å². The van der Waals surface area contributed by atoms with Gasteiger partial charge in [-0.05, 0) is 62.9 Å². The van der Waals surface area contributed by atoms with E-state index in [1.54, 1.807) is 4.90 Å². The van der Waals surface area contributed by atoms with E-state index in [9.17, 15) is 9.18 Å². The Labute approximate surface area is 259 Å². The molecule has 10 heteroatoms. The minimum atomic E-state index is -0.824. The van der Waals surface area contributed by atoms with Crippen molar-refractivity contribution < 1.29 is 13.9 Å². The number of alkyl halides is 1. The molecule has 0 saturated carbocycles. The Hall–Kier alpha value is -3.55. The number of carbonyl (C=O) groups is 1. The van der Waals surface area contributed by atoms with Gasteiger partial charge in [0.05, 0.1) is 16.8 Å². The first-order chi connectivity index (χ1) is 21.4. The zero-order chi connectivity index (χ0) is 30.5. The van der Waals surface area contributed by atoms with Crippen molar-refractivity contribution in [2.45, 2.75) is 74.8 Å². The molecule has 0 N–H and O–H groups in total. The Morgan fingerprint density at radius 1 is 1.20 bits per heavy atom. The average molecular weight is 600 g/mol. The predicted octanol–water partition coefficient (Wildman–Crippen LogP) is 3.77. The molecular weight excluding hydrogens is 557 g/mol. The van der Waals surface area contributed by atoms with Crippen LogP contribution in [0.25, 0.3) is 4.85 Å². The number of hydrogen-bond donors (Lipinski definition) is 0. The lowest BCUT2D eigenvalue weighted by Gasteiger charge is -2.50. The molecule has 2 aromatic rings. The topological polar surface area (TPSA) is 69.4 Å². The summed E-state index contributed by atoms with van der Waals surface area (Å²) >= 11 is 0. The van der Waals surface area contributed by atoms with Crippen LogP contribution in [0.4, 0.5) is 10.2 Å². The van der Waals surface area contributed by atoms with Crippen LogP contribution in [0, 0.1) is 6.57 Å². The fraction of sp³-hybridized carbons (Fsp3) is 0.588. The van der Waals surface area contributed by atoms with Gasteiger partial charge in [0.25, 0.3) is 0 Å². The van der Waals surface area contributed by atoms with E-state index < -0.39 is 6.17 Å². The number of amides is 1. The smallest absolute Gasteiger partial charge is 0.318 e. The van der Waals surface area contributed by atoms with E-state index in [-0.39, 0.29) is 29.6 Å². The van der Waals surface area contributed by atoms with Gasteiger partial charge >= 0.3 is 6.01 Å². The number of benzene rings is 1. The molecule has 44 heavy (non-hydrogen) atoms. The summed E-state index contributed by atoms with van der Waals surface area (Å²) in [4.78, 5) is 35.1. The van der Waals surface area contributed by atoms with Crippen LogP contribution >= 0.6 is 0 Å². The maximum atomic E-state index is 14.5. The van der Waals surface area contributed by atoms with Crippen molar-refractivity contribution in [2.75, 3.05) is 57.8 Å². The lowest BCUT2D eigenvalue weighted by atomic mass is 9.71. The molecule has 1 aliphatic carbocycles. The molecule has 4 aliphatic heterocycles. The highest BCUT2D eigenvalue weighted by atomic mass is 19.1. The summed E-state index contributed by atoms with van der Waals surface area (Å²) in [5, 5.41) is 0. The molecule has 1 spiro atoms. The molecule has 232 valence electrons. The van der Waals surface area contributed by atoms with Gasteiger partial charge in [-0.15, -0.1) is 0 Å². The third-order valence-corrected chi connectivity index (χ3v) is 11.0. The Kier molecular flexibility index (Phi) is 7.58. The number of aromatic nitrogens is 2. The Bertz CT molecular complexity index is 1490. The second-order valence-electron chi connectivity index (χ2n) is 13.4. The van der Waals surface area contributed by atoms with Gasteiger partial charge in [-0.2, -0.15) is 9.97 Å². The summed E-state index contributed by atoms with van der Waals surface area (Å²) < 4.78 is 21.0. The molecule has 0 unspecified atom stereocenters. The number of carbonyl (C=O) groups excluding carboxylic acids is 1. The van der Waals surface area contributed by atoms with Crippen LogP contribution in [0.15, 0.2) is 36.9 Å². The minimum absolute atomic E-state index is 0.146. The van der Waals surface area contributed by atoms with Gasteiger partial charge in [0.1, 0.15) is 24.6 Å². The van der Waals surface area contributed by atoms with Gasteiger partial charge in [0.2, 0.25) is 12.5 Å². The van der Waals surface area contributed by atoms with E-state index in [1.165, 1.54) is 17.2 Å². The number of likely N-dealkylation sites (N-methyl/N-ethyl adjacent to an activating group) is 1. The molecular formula is C34H42FN7O2. The van der Waals surface area contributed by atoms with Crippen molar-refractivity contribution in [3.63, 3.8) is 0 Å².